The van der Waals surface area contributed by atoms with Crippen LogP contribution in [-0.2, 0) is 6.42 Å². The topological polar surface area (TPSA) is 40.7 Å². The van der Waals surface area contributed by atoms with E-state index in [4.69, 9.17) is 0 Å². The average molecular weight is 192 g/mol. The van der Waals surface area contributed by atoms with E-state index in [1.807, 2.05) is 0 Å². The lowest BCUT2D eigenvalue weighted by Crippen LogP contribution is -2.27. The Morgan fingerprint density at radius 1 is 1.57 bits per heavy atom. The van der Waals surface area contributed by atoms with Gasteiger partial charge in [-0.1, -0.05) is 6.92 Å². The lowest BCUT2D eigenvalue weighted by molar-refractivity contribution is 0.465. The third-order valence-electron chi connectivity index (χ3n) is 2.80. The van der Waals surface area contributed by atoms with E-state index < -0.39 is 0 Å². The summed E-state index contributed by atoms with van der Waals surface area (Å²) in [6.45, 7) is 5.30. The summed E-state index contributed by atoms with van der Waals surface area (Å²) in [5.41, 5.74) is 2.42. The van der Waals surface area contributed by atoms with Crippen LogP contribution in [0.1, 0.15) is 43.0 Å². The summed E-state index contributed by atoms with van der Waals surface area (Å²) in [5.74, 6) is 1.10. The summed E-state index contributed by atoms with van der Waals surface area (Å²) in [6.07, 6.45) is 5.64. The molecule has 1 fully saturated rings. The Morgan fingerprint density at radius 2 is 2.43 bits per heavy atom. The second kappa shape index (κ2) is 4.13. The first-order chi connectivity index (χ1) is 6.81. The summed E-state index contributed by atoms with van der Waals surface area (Å²) in [6, 6.07) is 0.455. The highest BCUT2D eigenvalue weighted by atomic mass is 15.0. The summed E-state index contributed by atoms with van der Waals surface area (Å²) in [4.78, 5) is 7.90. The molecule has 1 atom stereocenters. The number of aryl methyl sites for hydroxylation is 2. The molecule has 0 amide bonds. The van der Waals surface area contributed by atoms with Crippen LogP contribution in [0, 0.1) is 13.3 Å². The number of aromatic nitrogens is 2. The molecule has 1 saturated heterocycles. The fourth-order valence-corrected chi connectivity index (χ4v) is 1.99. The molecular weight excluding hydrogens is 174 g/mol. The molecule has 0 bridgehead atoms. The average Bonchev–Trinajstić information content (AvgIpc) is 2.61. The maximum Gasteiger partial charge on any atom is 0.106 e. The Morgan fingerprint density at radius 3 is 3.00 bits per heavy atom. The number of H-pyrrole nitrogens is 1. The van der Waals surface area contributed by atoms with Gasteiger partial charge in [-0.2, -0.15) is 0 Å². The Hall–Kier alpha value is -0.830. The molecule has 1 aromatic heterocycles. The van der Waals surface area contributed by atoms with E-state index in [0.717, 1.165) is 30.9 Å². The minimum absolute atomic E-state index is 0.455. The van der Waals surface area contributed by atoms with Crippen molar-refractivity contribution in [3.63, 3.8) is 0 Å². The standard InChI is InChI=1S/C11H18N3/c1-3-10-13-8(2)11(14-10)9-6-4-5-7-12-9/h4,9,12H,3,5-7H2,1-2H3,(H,13,14). The van der Waals surface area contributed by atoms with Crippen LogP contribution in [0.3, 0.4) is 0 Å². The molecule has 1 radical (unpaired) electrons. The van der Waals surface area contributed by atoms with Gasteiger partial charge >= 0.3 is 0 Å². The van der Waals surface area contributed by atoms with E-state index in [-0.39, 0.29) is 0 Å². The van der Waals surface area contributed by atoms with E-state index in [0.29, 0.717) is 6.04 Å². The molecule has 2 N–H and O–H groups in total. The van der Waals surface area contributed by atoms with Crippen molar-refractivity contribution in [2.75, 3.05) is 6.54 Å². The molecule has 1 aliphatic rings. The minimum atomic E-state index is 0.455. The number of aromatic amines is 1. The second-order valence-corrected chi connectivity index (χ2v) is 3.86. The molecule has 14 heavy (non-hydrogen) atoms. The van der Waals surface area contributed by atoms with Crippen molar-refractivity contribution >= 4 is 0 Å². The molecule has 0 saturated carbocycles. The first-order valence-corrected chi connectivity index (χ1v) is 5.41. The van der Waals surface area contributed by atoms with Crippen molar-refractivity contribution in [3.8, 4) is 0 Å². The molecule has 1 aliphatic heterocycles. The number of nitrogens with zero attached hydrogens (tertiary/aromatic N) is 1. The normalized spacial score (nSPS) is 22.6. The van der Waals surface area contributed by atoms with Crippen molar-refractivity contribution in [2.45, 2.75) is 39.2 Å². The predicted octanol–water partition coefficient (Wildman–Crippen LogP) is 1.91. The fraction of sp³-hybridized carbons (Fsp3) is 0.636. The summed E-state index contributed by atoms with van der Waals surface area (Å²) >= 11 is 0. The van der Waals surface area contributed by atoms with Crippen molar-refractivity contribution in [3.05, 3.63) is 23.6 Å². The SMILES string of the molecule is CCc1nc(C)c(C2C[CH]CCN2)[nH]1. The highest BCUT2D eigenvalue weighted by Gasteiger charge is 2.19. The van der Waals surface area contributed by atoms with Gasteiger partial charge in [-0.3, -0.25) is 0 Å². The van der Waals surface area contributed by atoms with Gasteiger partial charge in [0, 0.05) is 12.5 Å². The molecule has 0 aliphatic carbocycles. The minimum Gasteiger partial charge on any atom is -0.344 e. The number of imidazole rings is 1. The predicted molar refractivity (Wildman–Crippen MR) is 57.0 cm³/mol. The van der Waals surface area contributed by atoms with Gasteiger partial charge in [-0.05, 0) is 32.7 Å². The summed E-state index contributed by atoms with van der Waals surface area (Å²) in [7, 11) is 0. The van der Waals surface area contributed by atoms with Crippen LogP contribution < -0.4 is 5.32 Å². The molecule has 1 unspecified atom stereocenters. The van der Waals surface area contributed by atoms with E-state index in [1.54, 1.807) is 0 Å². The van der Waals surface area contributed by atoms with Gasteiger partial charge in [-0.25, -0.2) is 4.98 Å². The van der Waals surface area contributed by atoms with Gasteiger partial charge in [0.05, 0.1) is 11.4 Å². The van der Waals surface area contributed by atoms with Crippen molar-refractivity contribution < 1.29 is 0 Å². The lowest BCUT2D eigenvalue weighted by Gasteiger charge is -2.22. The smallest absolute Gasteiger partial charge is 0.106 e. The van der Waals surface area contributed by atoms with Gasteiger partial charge < -0.3 is 10.3 Å². The number of hydrogen-bond donors (Lipinski definition) is 2. The van der Waals surface area contributed by atoms with Crippen LogP contribution in [0.4, 0.5) is 0 Å². The highest BCUT2D eigenvalue weighted by Crippen LogP contribution is 2.23. The first-order valence-electron chi connectivity index (χ1n) is 5.41. The second-order valence-electron chi connectivity index (χ2n) is 3.86. The Bertz CT molecular complexity index is 297. The Labute approximate surface area is 85.3 Å². The summed E-state index contributed by atoms with van der Waals surface area (Å²) < 4.78 is 0. The van der Waals surface area contributed by atoms with Crippen molar-refractivity contribution in [2.24, 2.45) is 0 Å². The van der Waals surface area contributed by atoms with Crippen LogP contribution >= 0.6 is 0 Å². The van der Waals surface area contributed by atoms with Gasteiger partial charge in [-0.15, -0.1) is 0 Å². The lowest BCUT2D eigenvalue weighted by atomic mass is 10.0. The zero-order valence-electron chi connectivity index (χ0n) is 8.93. The van der Waals surface area contributed by atoms with Crippen LogP contribution in [0.15, 0.2) is 0 Å². The van der Waals surface area contributed by atoms with Crippen molar-refractivity contribution in [1.29, 1.82) is 0 Å². The number of hydrogen-bond acceptors (Lipinski definition) is 2. The molecule has 3 heteroatoms. The van der Waals surface area contributed by atoms with Crippen molar-refractivity contribution in [1.82, 2.24) is 15.3 Å². The number of nitrogens with one attached hydrogen (secondary N) is 2. The quantitative estimate of drug-likeness (QED) is 0.751. The zero-order chi connectivity index (χ0) is 9.97. The van der Waals surface area contributed by atoms with Crippen LogP contribution in [-0.4, -0.2) is 16.5 Å². The third-order valence-corrected chi connectivity index (χ3v) is 2.80. The Kier molecular flexibility index (Phi) is 2.87. The van der Waals surface area contributed by atoms with E-state index in [1.165, 1.54) is 12.1 Å². The van der Waals surface area contributed by atoms with E-state index in [2.05, 4.69) is 35.6 Å². The van der Waals surface area contributed by atoms with Gasteiger partial charge in [0.1, 0.15) is 5.82 Å². The monoisotopic (exact) mass is 192 g/mol. The van der Waals surface area contributed by atoms with Gasteiger partial charge in [0.25, 0.3) is 0 Å². The molecule has 2 rings (SSSR count). The molecule has 3 nitrogen and oxygen atoms in total. The maximum absolute atomic E-state index is 4.49. The van der Waals surface area contributed by atoms with Gasteiger partial charge in [0.2, 0.25) is 0 Å². The Balaban J connectivity index is 2.17. The summed E-state index contributed by atoms with van der Waals surface area (Å²) in [5, 5.41) is 3.51. The van der Waals surface area contributed by atoms with Crippen LogP contribution in [0.25, 0.3) is 0 Å². The molecule has 0 spiro atoms. The fourth-order valence-electron chi connectivity index (χ4n) is 1.99. The number of piperidine rings is 1. The van der Waals surface area contributed by atoms with E-state index >= 15 is 0 Å². The molecular formula is C11H18N3. The van der Waals surface area contributed by atoms with Gasteiger partial charge in [0.15, 0.2) is 0 Å². The highest BCUT2D eigenvalue weighted by molar-refractivity contribution is 5.18. The largest absolute Gasteiger partial charge is 0.344 e. The molecule has 1 aromatic rings. The van der Waals surface area contributed by atoms with E-state index in [9.17, 15) is 0 Å². The zero-order valence-corrected chi connectivity index (χ0v) is 8.93. The van der Waals surface area contributed by atoms with Crippen LogP contribution in [0.5, 0.6) is 0 Å². The molecule has 2 heterocycles. The number of rotatable bonds is 2. The maximum atomic E-state index is 4.49. The third kappa shape index (κ3) is 1.82. The molecule has 0 aromatic carbocycles. The first kappa shape index (κ1) is 9.71. The van der Waals surface area contributed by atoms with Crippen LogP contribution in [0.2, 0.25) is 0 Å². The molecule has 77 valence electrons.